The van der Waals surface area contributed by atoms with Gasteiger partial charge in [-0.15, -0.1) is 0 Å². The van der Waals surface area contributed by atoms with Gasteiger partial charge in [0.2, 0.25) is 0 Å². The number of hydrogen-bond donors (Lipinski definition) is 1. The summed E-state index contributed by atoms with van der Waals surface area (Å²) < 4.78 is 21.9. The van der Waals surface area contributed by atoms with Crippen molar-refractivity contribution in [2.45, 2.75) is 16.2 Å². The third kappa shape index (κ3) is 3.10. The third-order valence-electron chi connectivity index (χ3n) is 4.12. The molecule has 1 aliphatic rings. The number of aliphatic hydroxyl groups is 1. The van der Waals surface area contributed by atoms with Crippen LogP contribution in [-0.4, -0.2) is 24.1 Å². The lowest BCUT2D eigenvalue weighted by Crippen LogP contribution is -2.32. The van der Waals surface area contributed by atoms with Gasteiger partial charge < -0.3 is 5.11 Å². The Hall–Kier alpha value is -1.75. The SMILES string of the molecule is C/C(O)=C1\C(c2ccccc2)=C(c2ccc(S(C)(=O)=O)cc2)C1(Cl)Cl. The molecular formula is C19H16Cl2O3S. The smallest absolute Gasteiger partial charge is 0.175 e. The van der Waals surface area contributed by atoms with Gasteiger partial charge in [-0.05, 0) is 35.8 Å². The van der Waals surface area contributed by atoms with Gasteiger partial charge in [-0.2, -0.15) is 0 Å². The summed E-state index contributed by atoms with van der Waals surface area (Å²) in [5.41, 5.74) is 3.46. The minimum Gasteiger partial charge on any atom is -0.512 e. The monoisotopic (exact) mass is 394 g/mol. The number of halogens is 2. The van der Waals surface area contributed by atoms with Crippen LogP contribution in [0, 0.1) is 0 Å². The zero-order valence-corrected chi connectivity index (χ0v) is 16.0. The topological polar surface area (TPSA) is 54.4 Å². The highest BCUT2D eigenvalue weighted by Gasteiger charge is 2.49. The molecule has 0 unspecified atom stereocenters. The summed E-state index contributed by atoms with van der Waals surface area (Å²) in [6.07, 6.45) is 1.16. The molecule has 0 heterocycles. The van der Waals surface area contributed by atoms with E-state index in [-0.39, 0.29) is 10.7 Å². The Bertz CT molecular complexity index is 983. The quantitative estimate of drug-likeness (QED) is 0.587. The van der Waals surface area contributed by atoms with E-state index in [4.69, 9.17) is 23.2 Å². The number of alkyl halides is 2. The van der Waals surface area contributed by atoms with Gasteiger partial charge in [-0.3, -0.25) is 0 Å². The Morgan fingerprint density at radius 3 is 2.00 bits per heavy atom. The molecule has 1 N–H and O–H groups in total. The number of allylic oxidation sites excluding steroid dienone is 4. The molecular weight excluding hydrogens is 379 g/mol. The maximum Gasteiger partial charge on any atom is 0.175 e. The van der Waals surface area contributed by atoms with E-state index in [1.54, 1.807) is 19.1 Å². The van der Waals surface area contributed by atoms with Crippen LogP contribution in [-0.2, 0) is 9.84 Å². The van der Waals surface area contributed by atoms with E-state index in [9.17, 15) is 13.5 Å². The molecule has 0 saturated heterocycles. The molecule has 0 radical (unpaired) electrons. The van der Waals surface area contributed by atoms with Gasteiger partial charge in [-0.1, -0.05) is 65.7 Å². The van der Waals surface area contributed by atoms with Crippen LogP contribution in [0.2, 0.25) is 0 Å². The number of aliphatic hydroxyl groups excluding tert-OH is 1. The van der Waals surface area contributed by atoms with Gasteiger partial charge in [0, 0.05) is 17.4 Å². The van der Waals surface area contributed by atoms with Crippen molar-refractivity contribution in [1.82, 2.24) is 0 Å². The van der Waals surface area contributed by atoms with Crippen molar-refractivity contribution in [3.05, 3.63) is 77.1 Å². The lowest BCUT2D eigenvalue weighted by atomic mass is 9.74. The van der Waals surface area contributed by atoms with E-state index in [1.807, 2.05) is 30.3 Å². The number of rotatable bonds is 3. The third-order valence-corrected chi connectivity index (χ3v) is 6.01. The van der Waals surface area contributed by atoms with E-state index in [2.05, 4.69) is 0 Å². The van der Waals surface area contributed by atoms with Crippen LogP contribution in [0.4, 0.5) is 0 Å². The van der Waals surface area contributed by atoms with E-state index in [0.717, 1.165) is 17.4 Å². The fourth-order valence-electron chi connectivity index (χ4n) is 3.00. The lowest BCUT2D eigenvalue weighted by Gasteiger charge is -2.40. The Morgan fingerprint density at radius 2 is 1.52 bits per heavy atom. The molecule has 0 spiro atoms. The molecule has 0 aromatic heterocycles. The predicted octanol–water partition coefficient (Wildman–Crippen LogP) is 5.02. The van der Waals surface area contributed by atoms with Gasteiger partial charge in [-0.25, -0.2) is 8.42 Å². The summed E-state index contributed by atoms with van der Waals surface area (Å²) >= 11 is 13.0. The standard InChI is InChI=1S/C19H16Cl2O3S/c1-12(22)17-16(13-6-4-3-5-7-13)18(19(17,20)21)14-8-10-15(11-9-14)25(2,23)24/h3-11,22H,1-2H3/b17-12-. The highest BCUT2D eigenvalue weighted by Crippen LogP contribution is 2.60. The van der Waals surface area contributed by atoms with Gasteiger partial charge in [0.15, 0.2) is 14.2 Å². The van der Waals surface area contributed by atoms with Crippen molar-refractivity contribution in [1.29, 1.82) is 0 Å². The molecule has 3 rings (SSSR count). The maximum atomic E-state index is 11.6. The average molecular weight is 395 g/mol. The van der Waals surface area contributed by atoms with Crippen LogP contribution >= 0.6 is 23.2 Å². The van der Waals surface area contributed by atoms with Crippen LogP contribution in [0.1, 0.15) is 18.1 Å². The summed E-state index contributed by atoms with van der Waals surface area (Å²) in [6, 6.07) is 15.9. The molecule has 2 aromatic carbocycles. The zero-order valence-electron chi connectivity index (χ0n) is 13.6. The molecule has 0 saturated carbocycles. The summed E-state index contributed by atoms with van der Waals surface area (Å²) in [6.45, 7) is 1.54. The van der Waals surface area contributed by atoms with Gasteiger partial charge >= 0.3 is 0 Å². The van der Waals surface area contributed by atoms with E-state index in [0.29, 0.717) is 16.7 Å². The molecule has 0 aliphatic heterocycles. The molecule has 25 heavy (non-hydrogen) atoms. The van der Waals surface area contributed by atoms with Crippen molar-refractivity contribution in [3.63, 3.8) is 0 Å². The Kier molecular flexibility index (Phi) is 4.48. The van der Waals surface area contributed by atoms with Crippen molar-refractivity contribution in [2.75, 3.05) is 6.26 Å². The van der Waals surface area contributed by atoms with E-state index < -0.39 is 14.2 Å². The summed E-state index contributed by atoms with van der Waals surface area (Å²) in [5, 5.41) is 10.1. The lowest BCUT2D eigenvalue weighted by molar-refractivity contribution is 0.407. The molecule has 1 aliphatic carbocycles. The fourth-order valence-corrected chi connectivity index (χ4v) is 4.50. The Labute approximate surface area is 157 Å². The minimum atomic E-state index is -3.28. The maximum absolute atomic E-state index is 11.6. The van der Waals surface area contributed by atoms with Crippen LogP contribution in [0.15, 0.2) is 70.8 Å². The molecule has 6 heteroatoms. The van der Waals surface area contributed by atoms with Crippen molar-refractivity contribution < 1.29 is 13.5 Å². The predicted molar refractivity (Wildman–Crippen MR) is 103 cm³/mol. The van der Waals surface area contributed by atoms with Crippen LogP contribution in [0.3, 0.4) is 0 Å². The molecule has 0 atom stereocenters. The van der Waals surface area contributed by atoms with Gasteiger partial charge in [0.05, 0.1) is 10.7 Å². The number of hydrogen-bond acceptors (Lipinski definition) is 3. The second-order valence-corrected chi connectivity index (χ2v) is 9.29. The van der Waals surface area contributed by atoms with Crippen LogP contribution in [0.25, 0.3) is 11.1 Å². The molecule has 0 amide bonds. The fraction of sp³-hybridized carbons (Fsp3) is 0.158. The molecule has 3 nitrogen and oxygen atoms in total. The Balaban J connectivity index is 2.23. The van der Waals surface area contributed by atoms with Crippen LogP contribution in [0.5, 0.6) is 0 Å². The largest absolute Gasteiger partial charge is 0.512 e. The van der Waals surface area contributed by atoms with E-state index in [1.165, 1.54) is 12.1 Å². The van der Waals surface area contributed by atoms with Crippen molar-refractivity contribution in [3.8, 4) is 0 Å². The highest BCUT2D eigenvalue weighted by atomic mass is 35.5. The second kappa shape index (κ2) is 6.20. The highest BCUT2D eigenvalue weighted by molar-refractivity contribution is 7.90. The molecule has 0 bridgehead atoms. The van der Waals surface area contributed by atoms with E-state index >= 15 is 0 Å². The molecule has 130 valence electrons. The number of sulfone groups is 1. The number of benzene rings is 2. The van der Waals surface area contributed by atoms with Gasteiger partial charge in [0.25, 0.3) is 0 Å². The summed E-state index contributed by atoms with van der Waals surface area (Å²) in [4.78, 5) is 0.223. The van der Waals surface area contributed by atoms with Crippen molar-refractivity contribution >= 4 is 44.2 Å². The van der Waals surface area contributed by atoms with Gasteiger partial charge in [0.1, 0.15) is 0 Å². The molecule has 2 aromatic rings. The zero-order chi connectivity index (χ0) is 18.4. The first-order valence-corrected chi connectivity index (χ1v) is 10.2. The first-order chi connectivity index (χ1) is 11.6. The Morgan fingerprint density at radius 1 is 0.960 bits per heavy atom. The van der Waals surface area contributed by atoms with Crippen LogP contribution < -0.4 is 0 Å². The van der Waals surface area contributed by atoms with Crippen molar-refractivity contribution in [2.24, 2.45) is 0 Å². The summed E-state index contributed by atoms with van der Waals surface area (Å²) in [7, 11) is -3.28. The molecule has 0 fully saturated rings. The average Bonchev–Trinajstić information content (AvgIpc) is 2.53. The second-order valence-electron chi connectivity index (χ2n) is 5.95. The first kappa shape index (κ1) is 18.1. The minimum absolute atomic E-state index is 0.0559. The normalized spacial score (nSPS) is 18.7. The summed E-state index contributed by atoms with van der Waals surface area (Å²) in [5.74, 6) is 0.0559. The first-order valence-electron chi connectivity index (χ1n) is 7.53.